The standard InChI is InChI=1S/C24H19NO5/c26-23(27)20-14-18-19(25(20)15-16-8-3-1-4-9-16)12-7-13-21(18)30-22(24(28)29)17-10-5-2-6-11-17/h1-14,22H,15H2,(H,26,27)(H,28,29). The molecular weight excluding hydrogens is 382 g/mol. The fourth-order valence-electron chi connectivity index (χ4n) is 3.49. The zero-order chi connectivity index (χ0) is 21.1. The third-order valence-corrected chi connectivity index (χ3v) is 4.88. The average molecular weight is 401 g/mol. The summed E-state index contributed by atoms with van der Waals surface area (Å²) in [7, 11) is 0. The van der Waals surface area contributed by atoms with Crippen molar-refractivity contribution in [3.8, 4) is 5.75 Å². The van der Waals surface area contributed by atoms with Crippen LogP contribution in [-0.4, -0.2) is 26.7 Å². The van der Waals surface area contributed by atoms with Gasteiger partial charge < -0.3 is 19.5 Å². The van der Waals surface area contributed by atoms with Crippen molar-refractivity contribution in [2.45, 2.75) is 12.6 Å². The zero-order valence-corrected chi connectivity index (χ0v) is 15.9. The van der Waals surface area contributed by atoms with E-state index < -0.39 is 18.0 Å². The molecule has 4 rings (SSSR count). The highest BCUT2D eigenvalue weighted by Crippen LogP contribution is 2.33. The lowest BCUT2D eigenvalue weighted by Crippen LogP contribution is -2.18. The van der Waals surface area contributed by atoms with Crippen LogP contribution in [0.4, 0.5) is 0 Å². The quantitative estimate of drug-likeness (QED) is 0.473. The first kappa shape index (κ1) is 19.3. The molecule has 0 radical (unpaired) electrons. The lowest BCUT2D eigenvalue weighted by Gasteiger charge is -2.16. The van der Waals surface area contributed by atoms with Gasteiger partial charge in [-0.2, -0.15) is 0 Å². The molecule has 0 bridgehead atoms. The number of carboxylic acid groups (broad SMARTS) is 2. The summed E-state index contributed by atoms with van der Waals surface area (Å²) < 4.78 is 7.56. The molecule has 0 amide bonds. The molecule has 30 heavy (non-hydrogen) atoms. The summed E-state index contributed by atoms with van der Waals surface area (Å²) in [5.41, 5.74) is 2.23. The maximum Gasteiger partial charge on any atom is 0.352 e. The number of aromatic carboxylic acids is 1. The summed E-state index contributed by atoms with van der Waals surface area (Å²) in [6.07, 6.45) is -1.21. The topological polar surface area (TPSA) is 88.8 Å². The number of rotatable bonds is 7. The number of benzene rings is 3. The maximum atomic E-state index is 11.9. The summed E-state index contributed by atoms with van der Waals surface area (Å²) in [5.74, 6) is -1.87. The van der Waals surface area contributed by atoms with Crippen molar-refractivity contribution in [2.75, 3.05) is 0 Å². The van der Waals surface area contributed by atoms with E-state index in [-0.39, 0.29) is 5.69 Å². The van der Waals surface area contributed by atoms with E-state index in [0.717, 1.165) is 5.56 Å². The Bertz CT molecular complexity index is 1200. The Kier molecular flexibility index (Phi) is 5.22. The number of hydrogen-bond donors (Lipinski definition) is 2. The number of carbonyl (C=O) groups is 2. The average Bonchev–Trinajstić information content (AvgIpc) is 3.12. The van der Waals surface area contributed by atoms with Crippen molar-refractivity contribution >= 4 is 22.8 Å². The van der Waals surface area contributed by atoms with Crippen LogP contribution in [0.15, 0.2) is 84.9 Å². The number of ether oxygens (including phenoxy) is 1. The lowest BCUT2D eigenvalue weighted by molar-refractivity contribution is -0.145. The van der Waals surface area contributed by atoms with E-state index in [9.17, 15) is 19.8 Å². The first-order valence-corrected chi connectivity index (χ1v) is 9.38. The van der Waals surface area contributed by atoms with E-state index in [0.29, 0.717) is 28.8 Å². The Hall–Kier alpha value is -4.06. The minimum absolute atomic E-state index is 0.108. The van der Waals surface area contributed by atoms with Crippen molar-refractivity contribution in [1.82, 2.24) is 4.57 Å². The fourth-order valence-corrected chi connectivity index (χ4v) is 3.49. The zero-order valence-electron chi connectivity index (χ0n) is 15.9. The van der Waals surface area contributed by atoms with E-state index in [1.807, 2.05) is 30.3 Å². The molecule has 0 aliphatic heterocycles. The van der Waals surface area contributed by atoms with Gasteiger partial charge in [-0.1, -0.05) is 66.7 Å². The van der Waals surface area contributed by atoms with E-state index in [4.69, 9.17) is 4.74 Å². The van der Waals surface area contributed by atoms with Crippen molar-refractivity contribution < 1.29 is 24.5 Å². The molecule has 1 atom stereocenters. The molecule has 1 unspecified atom stereocenters. The van der Waals surface area contributed by atoms with Crippen LogP contribution in [-0.2, 0) is 11.3 Å². The van der Waals surface area contributed by atoms with Crippen LogP contribution in [0.1, 0.15) is 27.7 Å². The highest BCUT2D eigenvalue weighted by molar-refractivity contribution is 5.97. The van der Waals surface area contributed by atoms with E-state index >= 15 is 0 Å². The molecule has 3 aromatic carbocycles. The van der Waals surface area contributed by atoms with Crippen molar-refractivity contribution in [1.29, 1.82) is 0 Å². The van der Waals surface area contributed by atoms with Gasteiger partial charge in [0.05, 0.1) is 5.52 Å². The Morgan fingerprint density at radius 3 is 2.17 bits per heavy atom. The largest absolute Gasteiger partial charge is 0.478 e. The summed E-state index contributed by atoms with van der Waals surface area (Å²) in [6.45, 7) is 0.371. The molecular formula is C24H19NO5. The predicted octanol–water partition coefficient (Wildman–Crippen LogP) is 4.59. The van der Waals surface area contributed by atoms with Crippen molar-refractivity contribution in [3.63, 3.8) is 0 Å². The fraction of sp³-hybridized carbons (Fsp3) is 0.0833. The number of aromatic nitrogens is 1. The third kappa shape index (κ3) is 3.75. The van der Waals surface area contributed by atoms with Crippen LogP contribution in [0.25, 0.3) is 10.9 Å². The van der Waals surface area contributed by atoms with Crippen LogP contribution < -0.4 is 4.74 Å². The summed E-state index contributed by atoms with van der Waals surface area (Å²) in [5, 5.41) is 20.0. The second-order valence-corrected chi connectivity index (χ2v) is 6.84. The van der Waals surface area contributed by atoms with Gasteiger partial charge in [-0.25, -0.2) is 9.59 Å². The van der Waals surface area contributed by atoms with Crippen LogP contribution in [0, 0.1) is 0 Å². The van der Waals surface area contributed by atoms with E-state index in [2.05, 4.69) is 0 Å². The van der Waals surface area contributed by atoms with Crippen LogP contribution >= 0.6 is 0 Å². The Labute approximate surface area is 172 Å². The maximum absolute atomic E-state index is 11.9. The molecule has 4 aromatic rings. The molecule has 0 saturated heterocycles. The number of fused-ring (bicyclic) bond motifs is 1. The van der Waals surface area contributed by atoms with Gasteiger partial charge in [0, 0.05) is 17.5 Å². The number of carboxylic acids is 2. The van der Waals surface area contributed by atoms with Gasteiger partial charge in [0.25, 0.3) is 0 Å². The molecule has 2 N–H and O–H groups in total. The summed E-state index contributed by atoms with van der Waals surface area (Å²) in [6, 6.07) is 24.9. The molecule has 150 valence electrons. The van der Waals surface area contributed by atoms with Crippen LogP contribution in [0.5, 0.6) is 5.75 Å². The SMILES string of the molecule is O=C(O)c1cc2c(OC(C(=O)O)c3ccccc3)cccc2n1Cc1ccccc1. The predicted molar refractivity (Wildman–Crippen MR) is 112 cm³/mol. The van der Waals surface area contributed by atoms with Gasteiger partial charge >= 0.3 is 11.9 Å². The minimum atomic E-state index is -1.21. The number of nitrogens with zero attached hydrogens (tertiary/aromatic N) is 1. The molecule has 0 saturated carbocycles. The first-order chi connectivity index (χ1) is 14.5. The van der Waals surface area contributed by atoms with E-state index in [1.165, 1.54) is 6.07 Å². The third-order valence-electron chi connectivity index (χ3n) is 4.88. The van der Waals surface area contributed by atoms with Gasteiger partial charge in [0.2, 0.25) is 6.10 Å². The van der Waals surface area contributed by atoms with Crippen LogP contribution in [0.3, 0.4) is 0 Å². The smallest absolute Gasteiger partial charge is 0.352 e. The van der Waals surface area contributed by atoms with Gasteiger partial charge in [0.1, 0.15) is 11.4 Å². The molecule has 0 spiro atoms. The minimum Gasteiger partial charge on any atom is -0.478 e. The first-order valence-electron chi connectivity index (χ1n) is 9.38. The highest BCUT2D eigenvalue weighted by atomic mass is 16.5. The monoisotopic (exact) mass is 401 g/mol. The van der Waals surface area contributed by atoms with Crippen molar-refractivity contribution in [3.05, 3.63) is 102 Å². The van der Waals surface area contributed by atoms with Gasteiger partial charge in [0.15, 0.2) is 0 Å². The molecule has 1 aromatic heterocycles. The van der Waals surface area contributed by atoms with Gasteiger partial charge in [-0.3, -0.25) is 0 Å². The normalized spacial score (nSPS) is 11.9. The second kappa shape index (κ2) is 8.13. The highest BCUT2D eigenvalue weighted by Gasteiger charge is 2.24. The summed E-state index contributed by atoms with van der Waals surface area (Å²) in [4.78, 5) is 23.7. The molecule has 0 aliphatic carbocycles. The lowest BCUT2D eigenvalue weighted by atomic mass is 10.1. The van der Waals surface area contributed by atoms with E-state index in [1.54, 1.807) is 53.1 Å². The molecule has 6 heteroatoms. The molecule has 0 fully saturated rings. The van der Waals surface area contributed by atoms with Crippen molar-refractivity contribution in [2.24, 2.45) is 0 Å². The molecule has 0 aliphatic rings. The Morgan fingerprint density at radius 2 is 1.53 bits per heavy atom. The number of hydrogen-bond acceptors (Lipinski definition) is 3. The number of aliphatic carboxylic acids is 1. The van der Waals surface area contributed by atoms with Gasteiger partial charge in [-0.15, -0.1) is 0 Å². The Morgan fingerprint density at radius 1 is 0.867 bits per heavy atom. The van der Waals surface area contributed by atoms with Gasteiger partial charge in [-0.05, 0) is 23.8 Å². The molecule has 1 heterocycles. The summed E-state index contributed by atoms with van der Waals surface area (Å²) >= 11 is 0. The molecule has 6 nitrogen and oxygen atoms in total. The Balaban J connectivity index is 1.79. The van der Waals surface area contributed by atoms with Crippen LogP contribution in [0.2, 0.25) is 0 Å². The second-order valence-electron chi connectivity index (χ2n) is 6.84.